The van der Waals surface area contributed by atoms with Gasteiger partial charge in [0.25, 0.3) is 5.91 Å². The van der Waals surface area contributed by atoms with Crippen molar-refractivity contribution >= 4 is 11.5 Å². The summed E-state index contributed by atoms with van der Waals surface area (Å²) < 4.78 is 6.44. The molecule has 0 unspecified atom stereocenters. The number of carbonyl (C=O) groups excluding carboxylic acids is 1. The van der Waals surface area contributed by atoms with E-state index in [1.807, 2.05) is 44.2 Å². The molecule has 0 bridgehead atoms. The molecule has 1 spiro atoms. The minimum absolute atomic E-state index is 0.0237. The molecule has 146 valence electrons. The molecule has 1 fully saturated rings. The number of aromatic nitrogens is 1. The summed E-state index contributed by atoms with van der Waals surface area (Å²) in [7, 11) is 0. The van der Waals surface area contributed by atoms with E-state index in [0.717, 1.165) is 48.5 Å². The number of hydrogen-bond donors (Lipinski definition) is 1. The van der Waals surface area contributed by atoms with Gasteiger partial charge in [-0.05, 0) is 51.2 Å². The van der Waals surface area contributed by atoms with Crippen molar-refractivity contribution in [3.63, 3.8) is 0 Å². The van der Waals surface area contributed by atoms with E-state index in [1.165, 1.54) is 0 Å². The lowest BCUT2D eigenvalue weighted by Gasteiger charge is -2.39. The molecule has 0 radical (unpaired) electrons. The van der Waals surface area contributed by atoms with Crippen LogP contribution in [0.25, 0.3) is 5.57 Å². The number of piperidine rings is 1. The van der Waals surface area contributed by atoms with Crippen LogP contribution in [-0.4, -0.2) is 47.6 Å². The highest BCUT2D eigenvalue weighted by molar-refractivity contribution is 5.93. The molecule has 1 amide bonds. The summed E-state index contributed by atoms with van der Waals surface area (Å²) >= 11 is 0. The zero-order valence-corrected chi connectivity index (χ0v) is 16.6. The standard InChI is InChI=1S/C23H27N3O2/c1-3-26(4-2)22(27)20-10-7-9-19(25-20)18-16-23(12-14-24-15-13-23)28-21-11-6-5-8-17(18)21/h5-11,16,24H,3-4,12-15H2,1-2H3. The van der Waals surface area contributed by atoms with Crippen molar-refractivity contribution in [2.45, 2.75) is 32.3 Å². The Morgan fingerprint density at radius 3 is 2.61 bits per heavy atom. The fraction of sp³-hybridized carbons (Fsp3) is 0.391. The van der Waals surface area contributed by atoms with Gasteiger partial charge in [0.2, 0.25) is 0 Å². The summed E-state index contributed by atoms with van der Waals surface area (Å²) in [5.74, 6) is 0.869. The normalized spacial score (nSPS) is 17.4. The third-order valence-corrected chi connectivity index (χ3v) is 5.64. The Bertz CT molecular complexity index is 896. The van der Waals surface area contributed by atoms with Gasteiger partial charge < -0.3 is 15.0 Å². The number of pyridine rings is 1. The van der Waals surface area contributed by atoms with Crippen LogP contribution in [-0.2, 0) is 0 Å². The highest BCUT2D eigenvalue weighted by Gasteiger charge is 2.37. The third kappa shape index (κ3) is 3.42. The van der Waals surface area contributed by atoms with Gasteiger partial charge in [-0.2, -0.15) is 0 Å². The van der Waals surface area contributed by atoms with Crippen molar-refractivity contribution in [1.82, 2.24) is 15.2 Å². The lowest BCUT2D eigenvalue weighted by molar-refractivity contribution is 0.0767. The molecule has 2 aliphatic rings. The molecule has 5 heteroatoms. The zero-order valence-electron chi connectivity index (χ0n) is 16.6. The number of carbonyl (C=O) groups is 1. The van der Waals surface area contributed by atoms with E-state index >= 15 is 0 Å². The predicted octanol–water partition coefficient (Wildman–Crippen LogP) is 3.51. The van der Waals surface area contributed by atoms with Crippen molar-refractivity contribution in [3.05, 3.63) is 65.5 Å². The Kier molecular flexibility index (Phi) is 5.18. The second kappa shape index (κ2) is 7.76. The average molecular weight is 377 g/mol. The fourth-order valence-corrected chi connectivity index (χ4v) is 4.05. The molecule has 0 saturated carbocycles. The summed E-state index contributed by atoms with van der Waals surface area (Å²) in [4.78, 5) is 19.4. The molecule has 1 aromatic carbocycles. The lowest BCUT2D eigenvalue weighted by atomic mass is 9.84. The van der Waals surface area contributed by atoms with Gasteiger partial charge in [-0.25, -0.2) is 4.98 Å². The van der Waals surface area contributed by atoms with Crippen molar-refractivity contribution in [3.8, 4) is 5.75 Å². The first-order valence-corrected chi connectivity index (χ1v) is 10.1. The van der Waals surface area contributed by atoms with Gasteiger partial charge in [0.05, 0.1) is 5.69 Å². The lowest BCUT2D eigenvalue weighted by Crippen LogP contribution is -2.46. The molecular weight excluding hydrogens is 350 g/mol. The van der Waals surface area contributed by atoms with E-state index in [9.17, 15) is 4.79 Å². The Morgan fingerprint density at radius 2 is 1.86 bits per heavy atom. The molecule has 1 saturated heterocycles. The van der Waals surface area contributed by atoms with Crippen molar-refractivity contribution in [2.24, 2.45) is 0 Å². The van der Waals surface area contributed by atoms with Crippen LogP contribution in [0.3, 0.4) is 0 Å². The highest BCUT2D eigenvalue weighted by atomic mass is 16.5. The Balaban J connectivity index is 1.78. The van der Waals surface area contributed by atoms with Crippen LogP contribution in [0.1, 0.15) is 48.4 Å². The van der Waals surface area contributed by atoms with E-state index in [-0.39, 0.29) is 11.5 Å². The first-order chi connectivity index (χ1) is 13.7. The first kappa shape index (κ1) is 18.7. The van der Waals surface area contributed by atoms with Crippen LogP contribution in [0.4, 0.5) is 0 Å². The maximum absolute atomic E-state index is 12.8. The van der Waals surface area contributed by atoms with Crippen molar-refractivity contribution in [2.75, 3.05) is 26.2 Å². The molecule has 5 nitrogen and oxygen atoms in total. The molecule has 4 rings (SSSR count). The largest absolute Gasteiger partial charge is 0.482 e. The Morgan fingerprint density at radius 1 is 1.11 bits per heavy atom. The molecule has 0 aliphatic carbocycles. The topological polar surface area (TPSA) is 54.5 Å². The van der Waals surface area contributed by atoms with E-state index in [1.54, 1.807) is 11.0 Å². The van der Waals surface area contributed by atoms with E-state index < -0.39 is 0 Å². The SMILES string of the molecule is CCN(CC)C(=O)c1cccc(C2=CC3(CCNCC3)Oc3ccccc32)n1. The van der Waals surface area contributed by atoms with Crippen LogP contribution in [0.5, 0.6) is 5.75 Å². The third-order valence-electron chi connectivity index (χ3n) is 5.64. The summed E-state index contributed by atoms with van der Waals surface area (Å²) in [6.45, 7) is 7.19. The predicted molar refractivity (Wildman–Crippen MR) is 110 cm³/mol. The van der Waals surface area contributed by atoms with Crippen LogP contribution in [0.15, 0.2) is 48.5 Å². The monoisotopic (exact) mass is 377 g/mol. The number of fused-ring (bicyclic) bond motifs is 1. The van der Waals surface area contributed by atoms with Gasteiger partial charge in [-0.15, -0.1) is 0 Å². The van der Waals surface area contributed by atoms with Crippen LogP contribution < -0.4 is 10.1 Å². The Labute approximate surface area is 166 Å². The van der Waals surface area contributed by atoms with Crippen LogP contribution in [0, 0.1) is 0 Å². The molecule has 2 aliphatic heterocycles. The molecule has 2 aromatic rings. The fourth-order valence-electron chi connectivity index (χ4n) is 4.05. The molecule has 3 heterocycles. The van der Waals surface area contributed by atoms with Gasteiger partial charge in [-0.3, -0.25) is 4.79 Å². The summed E-state index contributed by atoms with van der Waals surface area (Å²) in [5, 5.41) is 3.41. The maximum Gasteiger partial charge on any atom is 0.272 e. The van der Waals surface area contributed by atoms with E-state index in [2.05, 4.69) is 17.5 Å². The van der Waals surface area contributed by atoms with Crippen molar-refractivity contribution in [1.29, 1.82) is 0 Å². The molecule has 1 N–H and O–H groups in total. The second-order valence-corrected chi connectivity index (χ2v) is 7.36. The number of rotatable bonds is 4. The zero-order chi connectivity index (χ0) is 19.6. The van der Waals surface area contributed by atoms with E-state index in [0.29, 0.717) is 18.8 Å². The first-order valence-electron chi connectivity index (χ1n) is 10.1. The summed E-state index contributed by atoms with van der Waals surface area (Å²) in [6, 6.07) is 13.8. The minimum atomic E-state index is -0.310. The number of nitrogens with zero attached hydrogens (tertiary/aromatic N) is 2. The number of benzene rings is 1. The molecular formula is C23H27N3O2. The number of nitrogens with one attached hydrogen (secondary N) is 1. The average Bonchev–Trinajstić information content (AvgIpc) is 2.74. The smallest absolute Gasteiger partial charge is 0.272 e. The second-order valence-electron chi connectivity index (χ2n) is 7.36. The highest BCUT2D eigenvalue weighted by Crippen LogP contribution is 2.42. The van der Waals surface area contributed by atoms with Gasteiger partial charge >= 0.3 is 0 Å². The summed E-state index contributed by atoms with van der Waals surface area (Å²) in [5.41, 5.74) is 3.09. The molecule has 1 aromatic heterocycles. The Hall–Kier alpha value is -2.66. The van der Waals surface area contributed by atoms with Gasteiger partial charge in [0, 0.05) is 37.1 Å². The van der Waals surface area contributed by atoms with Gasteiger partial charge in [0.1, 0.15) is 17.0 Å². The van der Waals surface area contributed by atoms with Gasteiger partial charge in [-0.1, -0.05) is 24.3 Å². The van der Waals surface area contributed by atoms with Crippen LogP contribution in [0.2, 0.25) is 0 Å². The molecule has 28 heavy (non-hydrogen) atoms. The quantitative estimate of drug-likeness (QED) is 0.886. The number of ether oxygens (including phenoxy) is 1. The number of amides is 1. The molecule has 0 atom stereocenters. The van der Waals surface area contributed by atoms with E-state index in [4.69, 9.17) is 9.72 Å². The number of para-hydroxylation sites is 1. The van der Waals surface area contributed by atoms with Gasteiger partial charge in [0.15, 0.2) is 0 Å². The van der Waals surface area contributed by atoms with Crippen LogP contribution >= 0.6 is 0 Å². The maximum atomic E-state index is 12.8. The summed E-state index contributed by atoms with van der Waals surface area (Å²) in [6.07, 6.45) is 4.07. The number of hydrogen-bond acceptors (Lipinski definition) is 4. The minimum Gasteiger partial charge on any atom is -0.482 e. The van der Waals surface area contributed by atoms with Crippen molar-refractivity contribution < 1.29 is 9.53 Å².